The Balaban J connectivity index is 0.919. The number of thioether (sulfide) groups is 1. The van der Waals surface area contributed by atoms with Crippen LogP contribution in [-0.2, 0) is 6.42 Å². The molecule has 0 atom stereocenters. The van der Waals surface area contributed by atoms with E-state index in [1.807, 2.05) is 29.5 Å². The van der Waals surface area contributed by atoms with Crippen molar-refractivity contribution in [3.8, 4) is 33.4 Å². The zero-order valence-corrected chi connectivity index (χ0v) is 29.9. The predicted octanol–water partition coefficient (Wildman–Crippen LogP) is 14.5. The molecular weight excluding hydrogens is 669 g/mol. The number of allylic oxidation sites excluding steroid dienone is 5. The van der Waals surface area contributed by atoms with Gasteiger partial charge in [0, 0.05) is 30.6 Å². The van der Waals surface area contributed by atoms with Crippen LogP contribution in [0.2, 0.25) is 0 Å². The molecule has 1 nitrogen and oxygen atoms in total. The van der Waals surface area contributed by atoms with Crippen molar-refractivity contribution in [2.45, 2.75) is 17.7 Å². The van der Waals surface area contributed by atoms with Crippen molar-refractivity contribution in [2.75, 3.05) is 0 Å². The number of benzene rings is 6. The molecule has 0 amide bonds. The zero-order chi connectivity index (χ0) is 34.4. The summed E-state index contributed by atoms with van der Waals surface area (Å²) in [6.07, 6.45) is 15.5. The topological polar surface area (TPSA) is 13.1 Å². The van der Waals surface area contributed by atoms with E-state index in [9.17, 15) is 0 Å². The summed E-state index contributed by atoms with van der Waals surface area (Å²) in [6, 6.07) is 48.2. The molecule has 0 spiro atoms. The minimum absolute atomic E-state index is 0.916. The van der Waals surface area contributed by atoms with E-state index in [1.54, 1.807) is 11.8 Å². The maximum atomic E-state index is 6.08. The minimum Gasteiger partial charge on any atom is -0.456 e. The molecule has 0 N–H and O–H groups in total. The number of aryl methyl sites for hydroxylation is 1. The van der Waals surface area contributed by atoms with Gasteiger partial charge in [-0.25, -0.2) is 0 Å². The summed E-state index contributed by atoms with van der Waals surface area (Å²) in [5, 5.41) is 3.66. The van der Waals surface area contributed by atoms with Gasteiger partial charge in [0.25, 0.3) is 0 Å². The molecule has 0 aliphatic heterocycles. The molecule has 0 saturated heterocycles. The van der Waals surface area contributed by atoms with Crippen molar-refractivity contribution < 1.29 is 4.42 Å². The van der Waals surface area contributed by atoms with Gasteiger partial charge in [-0.3, -0.25) is 0 Å². The van der Waals surface area contributed by atoms with Crippen molar-refractivity contribution in [1.29, 1.82) is 0 Å². The Hall–Kier alpha value is -5.83. The third-order valence-corrected chi connectivity index (χ3v) is 12.2. The van der Waals surface area contributed by atoms with Crippen molar-refractivity contribution in [3.63, 3.8) is 0 Å². The first-order valence-corrected chi connectivity index (χ1v) is 19.3. The predicted molar refractivity (Wildman–Crippen MR) is 224 cm³/mol. The van der Waals surface area contributed by atoms with E-state index in [1.165, 1.54) is 69.9 Å². The highest BCUT2D eigenvalue weighted by Gasteiger charge is 2.14. The van der Waals surface area contributed by atoms with Crippen LogP contribution in [0.1, 0.15) is 22.4 Å². The van der Waals surface area contributed by atoms with Gasteiger partial charge in [0.2, 0.25) is 0 Å². The zero-order valence-electron chi connectivity index (χ0n) is 28.3. The van der Waals surface area contributed by atoms with E-state index in [0.29, 0.717) is 0 Å². The van der Waals surface area contributed by atoms with E-state index in [4.69, 9.17) is 4.42 Å². The van der Waals surface area contributed by atoms with Crippen molar-refractivity contribution in [1.82, 2.24) is 0 Å². The van der Waals surface area contributed by atoms with E-state index in [-0.39, 0.29) is 0 Å². The van der Waals surface area contributed by atoms with Crippen molar-refractivity contribution in [3.05, 3.63) is 190 Å². The Kier molecular flexibility index (Phi) is 7.77. The summed E-state index contributed by atoms with van der Waals surface area (Å²) >= 11 is 3.69. The SMILES string of the molecule is C1=CC=CC(c2cccc(-c3ccc4sc5c(c4c3)C=CCC5)c2)=CC=1Sc1cccc(-c2cccc(-c3ccc4oc5ccccc5c4c3)c2)c1. The van der Waals surface area contributed by atoms with Crippen LogP contribution in [-0.4, -0.2) is 0 Å². The monoisotopic (exact) mass is 700 g/mol. The van der Waals surface area contributed by atoms with Crippen LogP contribution < -0.4 is 0 Å². The fourth-order valence-electron chi connectivity index (χ4n) is 7.41. The summed E-state index contributed by atoms with van der Waals surface area (Å²) < 4.78 is 7.46. The van der Waals surface area contributed by atoms with Crippen LogP contribution in [0.5, 0.6) is 0 Å². The standard InChI is InChI=1S/C49H32OS2/c1-2-16-40(28-36(10-1)32-11-7-14-35(26-32)39-23-25-49-45(31-39)43-19-4-6-21-48(43)52-49)51-41-17-9-15-37(29-41)33-12-8-13-34(27-33)38-22-24-47-44(30-38)42-18-3-5-20-46(42)50-47/h1-5,7-15,17-20,22-31H,6,21H2. The first kappa shape index (κ1) is 30.9. The molecule has 246 valence electrons. The van der Waals surface area contributed by atoms with E-state index < -0.39 is 0 Å². The molecule has 0 bridgehead atoms. The number of rotatable bonds is 6. The Bertz CT molecular complexity index is 2870. The largest absolute Gasteiger partial charge is 0.456 e. The quantitative estimate of drug-likeness (QED) is 0.160. The van der Waals surface area contributed by atoms with Crippen LogP contribution in [0.3, 0.4) is 0 Å². The minimum atomic E-state index is 0.916. The second-order valence-electron chi connectivity index (χ2n) is 13.3. The summed E-state index contributed by atoms with van der Waals surface area (Å²) in [7, 11) is 0. The molecule has 0 radical (unpaired) electrons. The van der Waals surface area contributed by atoms with Crippen LogP contribution >= 0.6 is 23.1 Å². The molecule has 8 aromatic rings. The van der Waals surface area contributed by atoms with Gasteiger partial charge < -0.3 is 4.42 Å². The van der Waals surface area contributed by atoms with Gasteiger partial charge in [0.15, 0.2) is 0 Å². The van der Waals surface area contributed by atoms with Crippen LogP contribution in [0.15, 0.2) is 184 Å². The van der Waals surface area contributed by atoms with Gasteiger partial charge in [-0.05, 0) is 130 Å². The number of hydrogen-bond donors (Lipinski definition) is 0. The fourth-order valence-corrected chi connectivity index (χ4v) is 9.50. The number of hydrogen-bond acceptors (Lipinski definition) is 3. The molecule has 10 rings (SSSR count). The summed E-state index contributed by atoms with van der Waals surface area (Å²) in [4.78, 5) is 3.77. The molecule has 3 heteroatoms. The first-order valence-electron chi connectivity index (χ1n) is 17.7. The number of furan rings is 1. The summed E-state index contributed by atoms with van der Waals surface area (Å²) in [5.74, 6) is 0. The molecule has 2 aromatic heterocycles. The molecule has 0 fully saturated rings. The molecule has 52 heavy (non-hydrogen) atoms. The highest BCUT2D eigenvalue weighted by atomic mass is 32.2. The highest BCUT2D eigenvalue weighted by molar-refractivity contribution is 8.03. The maximum absolute atomic E-state index is 6.08. The van der Waals surface area contributed by atoms with E-state index in [2.05, 4.69) is 157 Å². The summed E-state index contributed by atoms with van der Waals surface area (Å²) in [5.41, 5.74) is 16.4. The lowest BCUT2D eigenvalue weighted by Crippen LogP contribution is -1.88. The van der Waals surface area contributed by atoms with Gasteiger partial charge >= 0.3 is 0 Å². The van der Waals surface area contributed by atoms with Crippen LogP contribution in [0.4, 0.5) is 0 Å². The lowest BCUT2D eigenvalue weighted by molar-refractivity contribution is 0.669. The molecule has 6 aromatic carbocycles. The van der Waals surface area contributed by atoms with Gasteiger partial charge in [-0.15, -0.1) is 17.1 Å². The van der Waals surface area contributed by atoms with E-state index >= 15 is 0 Å². The maximum Gasteiger partial charge on any atom is 0.135 e. The van der Waals surface area contributed by atoms with Gasteiger partial charge in [0.1, 0.15) is 11.2 Å². The lowest BCUT2D eigenvalue weighted by Gasteiger charge is -2.10. The van der Waals surface area contributed by atoms with Crippen LogP contribution in [0, 0.1) is 0 Å². The Morgan fingerprint density at radius 2 is 1.27 bits per heavy atom. The molecule has 0 saturated carbocycles. The average molecular weight is 701 g/mol. The van der Waals surface area contributed by atoms with Crippen molar-refractivity contribution in [2.24, 2.45) is 0 Å². The lowest BCUT2D eigenvalue weighted by atomic mass is 9.96. The Morgan fingerprint density at radius 3 is 2.13 bits per heavy atom. The smallest absolute Gasteiger partial charge is 0.135 e. The second kappa shape index (κ2) is 13.1. The third-order valence-electron chi connectivity index (χ3n) is 10.0. The fraction of sp³-hybridized carbons (Fsp3) is 0.0408. The molecule has 0 unspecified atom stereocenters. The normalized spacial score (nSPS) is 13.8. The van der Waals surface area contributed by atoms with Crippen LogP contribution in [0.25, 0.3) is 77.1 Å². The first-order chi connectivity index (χ1) is 25.7. The average Bonchev–Trinajstić information content (AvgIpc) is 3.67. The molecular formula is C49H32OS2. The second-order valence-corrected chi connectivity index (χ2v) is 15.6. The molecule has 2 aliphatic carbocycles. The van der Waals surface area contributed by atoms with Gasteiger partial charge in [-0.1, -0.05) is 115 Å². The van der Waals surface area contributed by atoms with Crippen molar-refractivity contribution >= 4 is 66.8 Å². The summed E-state index contributed by atoms with van der Waals surface area (Å²) in [6.45, 7) is 0. The number of thiophene rings is 1. The highest BCUT2D eigenvalue weighted by Crippen LogP contribution is 2.39. The third kappa shape index (κ3) is 5.80. The van der Waals surface area contributed by atoms with E-state index in [0.717, 1.165) is 39.7 Å². The Morgan fingerprint density at radius 1 is 0.577 bits per heavy atom. The van der Waals surface area contributed by atoms with Gasteiger partial charge in [0.05, 0.1) is 4.91 Å². The molecule has 2 aliphatic rings. The molecule has 2 heterocycles. The number of fused-ring (bicyclic) bond motifs is 6. The van der Waals surface area contributed by atoms with Gasteiger partial charge in [-0.2, -0.15) is 0 Å². The Labute approximate surface area is 311 Å². The number of para-hydroxylation sites is 1.